The monoisotopic (exact) mass is 449 g/mol. The second-order valence-corrected chi connectivity index (χ2v) is 13.5. The molecule has 0 spiro atoms. The van der Waals surface area contributed by atoms with Crippen molar-refractivity contribution in [2.75, 3.05) is 0 Å². The van der Waals surface area contributed by atoms with Crippen LogP contribution in [0.25, 0.3) is 0 Å². The Hall–Kier alpha value is 0.279. The second-order valence-electron chi connectivity index (χ2n) is 3.91. The van der Waals surface area contributed by atoms with Gasteiger partial charge >= 0.3 is 57.9 Å². The molecule has 0 aliphatic heterocycles. The summed E-state index contributed by atoms with van der Waals surface area (Å²) in [5, 5.41) is -6.44. The number of rotatable bonds is 3. The van der Waals surface area contributed by atoms with E-state index < -0.39 is 54.1 Å². The Labute approximate surface area is 117 Å². The average molecular weight is 448 g/mol. The molecule has 1 N–H and O–H groups in total. The summed E-state index contributed by atoms with van der Waals surface area (Å²) in [5.74, 6) is -14.2. The van der Waals surface area contributed by atoms with Crippen molar-refractivity contribution in [2.45, 2.75) is 38.1 Å². The number of alkyl halides is 9. The van der Waals surface area contributed by atoms with Crippen molar-refractivity contribution in [1.82, 2.24) is 0 Å². The van der Waals surface area contributed by atoms with Gasteiger partial charge in [-0.05, 0) is 0 Å². The summed E-state index contributed by atoms with van der Waals surface area (Å²) in [6.07, 6.45) is -6.99. The molecule has 0 aromatic rings. The molecule has 0 saturated carbocycles. The van der Waals surface area contributed by atoms with Gasteiger partial charge in [0.25, 0.3) is 0 Å². The molecule has 0 saturated heterocycles. The Morgan fingerprint density at radius 3 is 1.20 bits per heavy atom. The first-order chi connectivity index (χ1) is 8.43. The first kappa shape index (κ1) is 22.6. The van der Waals surface area contributed by atoms with Crippen molar-refractivity contribution in [3.05, 3.63) is 0 Å². The molecule has 0 rings (SSSR count). The van der Waals surface area contributed by atoms with Crippen LogP contribution in [0.1, 0.15) is 0 Å². The fourth-order valence-corrected chi connectivity index (χ4v) is 0.818. The van der Waals surface area contributed by atoms with Crippen LogP contribution in [0.5, 0.6) is 0 Å². The van der Waals surface area contributed by atoms with Crippen LogP contribution in [0.2, 0.25) is 14.8 Å². The third-order valence-electron chi connectivity index (χ3n) is 1.34. The maximum absolute atomic E-state index is 12.2. The SMILES string of the molecule is O=S(O)C(F)(F)C(F)(F)C(F)(F)C(F)(F)F.[CH3][Sn]([CH3])[CH3]. The number of halogens is 9. The molecule has 0 aromatic carbocycles. The molecule has 0 aromatic heterocycles. The maximum atomic E-state index is 12.2. The van der Waals surface area contributed by atoms with Gasteiger partial charge in [-0.1, -0.05) is 0 Å². The molecule has 0 heterocycles. The van der Waals surface area contributed by atoms with Crippen LogP contribution in [0.4, 0.5) is 39.5 Å². The molecular weight excluding hydrogens is 438 g/mol. The number of hydrogen-bond acceptors (Lipinski definition) is 1. The van der Waals surface area contributed by atoms with Crippen molar-refractivity contribution in [3.8, 4) is 0 Å². The van der Waals surface area contributed by atoms with Crippen LogP contribution in [0, 0.1) is 0 Å². The summed E-state index contributed by atoms with van der Waals surface area (Å²) in [5.41, 5.74) is 0. The van der Waals surface area contributed by atoms with E-state index >= 15 is 0 Å². The molecule has 13 heteroatoms. The predicted molar refractivity (Wildman–Crippen MR) is 55.0 cm³/mol. The van der Waals surface area contributed by atoms with Gasteiger partial charge in [0.15, 0.2) is 0 Å². The molecule has 0 fully saturated rings. The zero-order valence-corrected chi connectivity index (χ0v) is 13.8. The van der Waals surface area contributed by atoms with Crippen LogP contribution in [0.15, 0.2) is 0 Å². The summed E-state index contributed by atoms with van der Waals surface area (Å²) in [6, 6.07) is 0. The fourth-order valence-electron chi connectivity index (χ4n) is 0.470. The van der Waals surface area contributed by atoms with Gasteiger partial charge in [-0.3, -0.25) is 0 Å². The molecule has 0 bridgehead atoms. The van der Waals surface area contributed by atoms with E-state index in [0.717, 1.165) is 0 Å². The minimum atomic E-state index is -7.14. The van der Waals surface area contributed by atoms with E-state index in [-0.39, 0.29) is 0 Å². The van der Waals surface area contributed by atoms with Gasteiger partial charge in [0, 0.05) is 0 Å². The zero-order chi connectivity index (χ0) is 17.2. The Morgan fingerprint density at radius 2 is 1.05 bits per heavy atom. The van der Waals surface area contributed by atoms with E-state index in [1.807, 2.05) is 0 Å². The Kier molecular flexibility index (Phi) is 7.92. The third kappa shape index (κ3) is 4.93. The molecule has 123 valence electrons. The molecular formula is C7H10F9O2SSn. The van der Waals surface area contributed by atoms with Crippen molar-refractivity contribution in [1.29, 1.82) is 0 Å². The van der Waals surface area contributed by atoms with Crippen LogP contribution in [0.3, 0.4) is 0 Å². The summed E-state index contributed by atoms with van der Waals surface area (Å²) < 4.78 is 124. The normalized spacial score (nSPS) is 15.7. The quantitative estimate of drug-likeness (QED) is 0.403. The molecule has 0 aliphatic carbocycles. The molecule has 1 atom stereocenters. The number of hydrogen-bond donors (Lipinski definition) is 1. The van der Waals surface area contributed by atoms with E-state index in [2.05, 4.69) is 14.8 Å². The standard InChI is InChI=1S/C4HF9O2S.3CH3.Sn/c5-1(6,3(9,10)11)2(7,8)4(12,13)16(14)15;;;;/h(H,14,15);3*1H3;. The molecule has 20 heavy (non-hydrogen) atoms. The van der Waals surface area contributed by atoms with Crippen molar-refractivity contribution < 1.29 is 48.3 Å². The van der Waals surface area contributed by atoms with E-state index in [0.29, 0.717) is 0 Å². The Morgan fingerprint density at radius 1 is 0.800 bits per heavy atom. The van der Waals surface area contributed by atoms with Gasteiger partial charge in [0.05, 0.1) is 0 Å². The third-order valence-corrected chi connectivity index (χ3v) is 2.03. The molecule has 1 radical (unpaired) electrons. The Balaban J connectivity index is 0. The van der Waals surface area contributed by atoms with E-state index in [1.54, 1.807) is 0 Å². The first-order valence-corrected chi connectivity index (χ1v) is 14.2. The fraction of sp³-hybridized carbons (Fsp3) is 1.00. The van der Waals surface area contributed by atoms with Gasteiger partial charge in [0.2, 0.25) is 11.1 Å². The van der Waals surface area contributed by atoms with Crippen LogP contribution < -0.4 is 0 Å². The van der Waals surface area contributed by atoms with Gasteiger partial charge in [-0.25, -0.2) is 4.21 Å². The van der Waals surface area contributed by atoms with Crippen molar-refractivity contribution in [3.63, 3.8) is 0 Å². The first-order valence-electron chi connectivity index (χ1n) is 4.50. The van der Waals surface area contributed by atoms with Gasteiger partial charge in [-0.15, -0.1) is 0 Å². The second kappa shape index (κ2) is 7.03. The van der Waals surface area contributed by atoms with E-state index in [9.17, 15) is 43.7 Å². The predicted octanol–water partition coefficient (Wildman–Crippen LogP) is 4.00. The van der Waals surface area contributed by atoms with Crippen LogP contribution >= 0.6 is 0 Å². The molecule has 2 nitrogen and oxygen atoms in total. The minimum absolute atomic E-state index is 0.543. The topological polar surface area (TPSA) is 37.3 Å². The van der Waals surface area contributed by atoms with E-state index in [1.165, 1.54) is 0 Å². The van der Waals surface area contributed by atoms with Gasteiger partial charge in [0.1, 0.15) is 0 Å². The summed E-state index contributed by atoms with van der Waals surface area (Å²) in [7, 11) is 0. The summed E-state index contributed by atoms with van der Waals surface area (Å²) >= 11 is -5.43. The van der Waals surface area contributed by atoms with E-state index in [4.69, 9.17) is 4.55 Å². The van der Waals surface area contributed by atoms with Crippen molar-refractivity contribution >= 4 is 30.8 Å². The average Bonchev–Trinajstić information content (AvgIpc) is 2.13. The summed E-state index contributed by atoms with van der Waals surface area (Å²) in [4.78, 5) is 7.09. The zero-order valence-electron chi connectivity index (χ0n) is 10.2. The summed E-state index contributed by atoms with van der Waals surface area (Å²) in [6.45, 7) is 0. The molecule has 0 amide bonds. The van der Waals surface area contributed by atoms with Crippen LogP contribution in [-0.2, 0) is 11.1 Å². The van der Waals surface area contributed by atoms with Gasteiger partial charge in [-0.2, -0.15) is 39.5 Å². The molecule has 0 aliphatic rings. The van der Waals surface area contributed by atoms with Crippen molar-refractivity contribution in [2.24, 2.45) is 0 Å². The molecule has 1 unspecified atom stereocenters. The van der Waals surface area contributed by atoms with Gasteiger partial charge < -0.3 is 4.55 Å². The van der Waals surface area contributed by atoms with Crippen LogP contribution in [-0.4, -0.2) is 51.8 Å². The Bertz CT molecular complexity index is 339.